The lowest BCUT2D eigenvalue weighted by Gasteiger charge is -2.08. The highest BCUT2D eigenvalue weighted by atomic mass is 79.9. The van der Waals surface area contributed by atoms with Crippen molar-refractivity contribution in [2.75, 3.05) is 0 Å². The highest BCUT2D eigenvalue weighted by Gasteiger charge is 2.13. The van der Waals surface area contributed by atoms with Gasteiger partial charge in [-0.1, -0.05) is 33.6 Å². The lowest BCUT2D eigenvalue weighted by molar-refractivity contribution is -0.384. The van der Waals surface area contributed by atoms with Gasteiger partial charge in [0.05, 0.1) is 4.92 Å². The van der Waals surface area contributed by atoms with Gasteiger partial charge in [0.2, 0.25) is 0 Å². The van der Waals surface area contributed by atoms with Crippen LogP contribution in [-0.4, -0.2) is 4.92 Å². The Kier molecular flexibility index (Phi) is 4.57. The van der Waals surface area contributed by atoms with Crippen LogP contribution >= 0.6 is 27.5 Å². The van der Waals surface area contributed by atoms with E-state index < -0.39 is 10.7 Å². The Labute approximate surface area is 127 Å². The standard InChI is InChI=1S/C13H8BrClFNO3/c14-9-2-1-8(12(16)5-9)7-20-10-3-4-13(17(18)19)11(15)6-10/h1-6H,7H2. The number of benzene rings is 2. The van der Waals surface area contributed by atoms with Crippen LogP contribution < -0.4 is 4.74 Å². The minimum absolute atomic E-state index is 0.00720. The molecule has 0 bridgehead atoms. The van der Waals surface area contributed by atoms with Gasteiger partial charge in [0, 0.05) is 22.2 Å². The molecule has 20 heavy (non-hydrogen) atoms. The number of hydrogen-bond acceptors (Lipinski definition) is 3. The summed E-state index contributed by atoms with van der Waals surface area (Å²) in [6.07, 6.45) is 0. The zero-order valence-corrected chi connectivity index (χ0v) is 12.3. The number of nitro groups is 1. The van der Waals surface area contributed by atoms with Crippen molar-refractivity contribution >= 4 is 33.2 Å². The minimum Gasteiger partial charge on any atom is -0.489 e. The fourth-order valence-corrected chi connectivity index (χ4v) is 2.10. The number of nitrogens with zero attached hydrogens (tertiary/aromatic N) is 1. The number of halogens is 3. The fourth-order valence-electron chi connectivity index (χ4n) is 1.53. The Balaban J connectivity index is 2.11. The highest BCUT2D eigenvalue weighted by Crippen LogP contribution is 2.29. The van der Waals surface area contributed by atoms with Crippen molar-refractivity contribution < 1.29 is 14.1 Å². The van der Waals surface area contributed by atoms with Crippen LogP contribution in [0.15, 0.2) is 40.9 Å². The van der Waals surface area contributed by atoms with Gasteiger partial charge in [0.1, 0.15) is 23.2 Å². The van der Waals surface area contributed by atoms with Crippen LogP contribution in [0, 0.1) is 15.9 Å². The summed E-state index contributed by atoms with van der Waals surface area (Å²) in [6, 6.07) is 8.62. The second-order valence-corrected chi connectivity index (χ2v) is 5.22. The second-order valence-electron chi connectivity index (χ2n) is 3.89. The number of nitro benzene ring substituents is 1. The first-order valence-corrected chi connectivity index (χ1v) is 6.65. The topological polar surface area (TPSA) is 52.4 Å². The molecule has 0 saturated heterocycles. The predicted molar refractivity (Wildman–Crippen MR) is 76.5 cm³/mol. The van der Waals surface area contributed by atoms with E-state index in [1.807, 2.05) is 0 Å². The van der Waals surface area contributed by atoms with E-state index in [1.54, 1.807) is 12.1 Å². The minimum atomic E-state index is -0.583. The average Bonchev–Trinajstić information content (AvgIpc) is 2.37. The Hall–Kier alpha value is -1.66. The van der Waals surface area contributed by atoms with Gasteiger partial charge in [0.25, 0.3) is 5.69 Å². The van der Waals surface area contributed by atoms with Crippen molar-refractivity contribution in [3.05, 3.63) is 67.4 Å². The summed E-state index contributed by atoms with van der Waals surface area (Å²) in [5.41, 5.74) is 0.177. The van der Waals surface area contributed by atoms with Gasteiger partial charge in [-0.15, -0.1) is 0 Å². The van der Waals surface area contributed by atoms with Crippen molar-refractivity contribution in [1.82, 2.24) is 0 Å². The zero-order chi connectivity index (χ0) is 14.7. The maximum Gasteiger partial charge on any atom is 0.288 e. The molecule has 104 valence electrons. The normalized spacial score (nSPS) is 10.3. The van der Waals surface area contributed by atoms with Crippen LogP contribution in [0.2, 0.25) is 5.02 Å². The van der Waals surface area contributed by atoms with Gasteiger partial charge >= 0.3 is 0 Å². The Morgan fingerprint density at radius 3 is 2.65 bits per heavy atom. The van der Waals surface area contributed by atoms with Gasteiger partial charge in [-0.05, 0) is 18.2 Å². The molecule has 0 fully saturated rings. The summed E-state index contributed by atoms with van der Waals surface area (Å²) >= 11 is 8.92. The van der Waals surface area contributed by atoms with Crippen molar-refractivity contribution in [3.63, 3.8) is 0 Å². The van der Waals surface area contributed by atoms with Crippen LogP contribution in [0.25, 0.3) is 0 Å². The van der Waals surface area contributed by atoms with E-state index in [0.29, 0.717) is 15.8 Å². The molecule has 2 rings (SSSR count). The van der Waals surface area contributed by atoms with E-state index in [1.165, 1.54) is 24.3 Å². The summed E-state index contributed by atoms with van der Waals surface area (Å²) in [7, 11) is 0. The zero-order valence-electron chi connectivity index (χ0n) is 9.98. The van der Waals surface area contributed by atoms with Crippen LogP contribution in [0.4, 0.5) is 10.1 Å². The number of ether oxygens (including phenoxy) is 1. The van der Waals surface area contributed by atoms with Crippen LogP contribution in [0.3, 0.4) is 0 Å². The van der Waals surface area contributed by atoms with Crippen LogP contribution in [0.1, 0.15) is 5.56 Å². The first kappa shape index (κ1) is 14.7. The molecule has 0 amide bonds. The molecule has 4 nitrogen and oxygen atoms in total. The number of rotatable bonds is 4. The van der Waals surface area contributed by atoms with Crippen molar-refractivity contribution in [2.45, 2.75) is 6.61 Å². The largest absolute Gasteiger partial charge is 0.489 e. The van der Waals surface area contributed by atoms with Crippen molar-refractivity contribution in [1.29, 1.82) is 0 Å². The quantitative estimate of drug-likeness (QED) is 0.585. The fraction of sp³-hybridized carbons (Fsp3) is 0.0769. The Bertz CT molecular complexity index is 666. The van der Waals surface area contributed by atoms with E-state index in [9.17, 15) is 14.5 Å². The SMILES string of the molecule is O=[N+]([O-])c1ccc(OCc2ccc(Br)cc2F)cc1Cl. The molecule has 0 spiro atoms. The van der Waals surface area contributed by atoms with E-state index in [0.717, 1.165) is 0 Å². The highest BCUT2D eigenvalue weighted by molar-refractivity contribution is 9.10. The molecule has 0 saturated carbocycles. The Morgan fingerprint density at radius 2 is 2.05 bits per heavy atom. The molecule has 2 aromatic rings. The lowest BCUT2D eigenvalue weighted by Crippen LogP contribution is -1.99. The molecule has 2 aromatic carbocycles. The van der Waals surface area contributed by atoms with Gasteiger partial charge in [-0.3, -0.25) is 10.1 Å². The summed E-state index contributed by atoms with van der Waals surface area (Å²) in [6.45, 7) is 0.00720. The summed E-state index contributed by atoms with van der Waals surface area (Å²) < 4.78 is 19.6. The predicted octanol–water partition coefficient (Wildman–Crippen LogP) is 4.73. The summed E-state index contributed by atoms with van der Waals surface area (Å²) in [5.74, 6) is -0.0599. The molecule has 0 N–H and O–H groups in total. The lowest BCUT2D eigenvalue weighted by atomic mass is 10.2. The maximum absolute atomic E-state index is 13.6. The van der Waals surface area contributed by atoms with Crippen molar-refractivity contribution in [3.8, 4) is 5.75 Å². The van der Waals surface area contributed by atoms with Gasteiger partial charge < -0.3 is 4.74 Å². The first-order chi connectivity index (χ1) is 9.47. The first-order valence-electron chi connectivity index (χ1n) is 5.48. The molecular weight excluding hydrogens is 353 g/mol. The van der Waals surface area contributed by atoms with E-state index in [4.69, 9.17) is 16.3 Å². The van der Waals surface area contributed by atoms with Gasteiger partial charge in [-0.25, -0.2) is 4.39 Å². The second kappa shape index (κ2) is 6.19. The van der Waals surface area contributed by atoms with Crippen LogP contribution in [-0.2, 0) is 6.61 Å². The third-order valence-corrected chi connectivity index (χ3v) is 3.32. The van der Waals surface area contributed by atoms with Crippen molar-refractivity contribution in [2.24, 2.45) is 0 Å². The molecule has 0 heterocycles. The third-order valence-electron chi connectivity index (χ3n) is 2.53. The smallest absolute Gasteiger partial charge is 0.288 e. The van der Waals surface area contributed by atoms with Gasteiger partial charge in [-0.2, -0.15) is 0 Å². The van der Waals surface area contributed by atoms with E-state index in [2.05, 4.69) is 15.9 Å². The third kappa shape index (κ3) is 3.46. The average molecular weight is 361 g/mol. The number of hydrogen-bond donors (Lipinski definition) is 0. The summed E-state index contributed by atoms with van der Waals surface area (Å²) in [5, 5.41) is 10.6. The molecule has 0 aliphatic rings. The molecule has 0 aromatic heterocycles. The maximum atomic E-state index is 13.6. The molecule has 7 heteroatoms. The molecule has 0 radical (unpaired) electrons. The summed E-state index contributed by atoms with van der Waals surface area (Å²) in [4.78, 5) is 10.0. The molecule has 0 aliphatic heterocycles. The molecule has 0 atom stereocenters. The van der Waals surface area contributed by atoms with Crippen LogP contribution in [0.5, 0.6) is 5.75 Å². The molecule has 0 aliphatic carbocycles. The Morgan fingerprint density at radius 1 is 1.30 bits per heavy atom. The molecule has 0 unspecified atom stereocenters. The van der Waals surface area contributed by atoms with E-state index in [-0.39, 0.29) is 17.3 Å². The monoisotopic (exact) mass is 359 g/mol. The van der Waals surface area contributed by atoms with Gasteiger partial charge in [0.15, 0.2) is 0 Å². The van der Waals surface area contributed by atoms with E-state index >= 15 is 0 Å². The molecular formula is C13H8BrClFNO3.